The third-order valence-corrected chi connectivity index (χ3v) is 2.05. The molecule has 1 aromatic rings. The summed E-state index contributed by atoms with van der Waals surface area (Å²) in [6.07, 6.45) is 3.24. The van der Waals surface area contributed by atoms with Crippen molar-refractivity contribution in [3.8, 4) is 11.8 Å². The van der Waals surface area contributed by atoms with E-state index in [4.69, 9.17) is 9.47 Å². The predicted molar refractivity (Wildman–Crippen MR) is 69.9 cm³/mol. The lowest BCUT2D eigenvalue weighted by molar-refractivity contribution is -0.139. The zero-order chi connectivity index (χ0) is 13.2. The summed E-state index contributed by atoms with van der Waals surface area (Å²) < 4.78 is 9.91. The number of hydrogen-bond acceptors (Lipinski definition) is 3. The highest BCUT2D eigenvalue weighted by molar-refractivity contribution is 5.89. The van der Waals surface area contributed by atoms with E-state index in [9.17, 15) is 4.79 Å². The Hall–Kier alpha value is -2.05. The minimum absolute atomic E-state index is 0.308. The van der Waals surface area contributed by atoms with Crippen molar-refractivity contribution in [1.82, 2.24) is 0 Å². The molecule has 0 bridgehead atoms. The second-order valence-corrected chi connectivity index (χ2v) is 3.61. The molecule has 3 heteroatoms. The number of rotatable bonds is 4. The van der Waals surface area contributed by atoms with Gasteiger partial charge in [-0.3, -0.25) is 0 Å². The summed E-state index contributed by atoms with van der Waals surface area (Å²) in [6.45, 7) is 2.27. The van der Waals surface area contributed by atoms with Gasteiger partial charge in [-0.15, -0.1) is 0 Å². The van der Waals surface area contributed by atoms with Crippen LogP contribution in [0.2, 0.25) is 0 Å². The number of benzene rings is 1. The molecule has 0 aliphatic rings. The van der Waals surface area contributed by atoms with E-state index in [1.165, 1.54) is 0 Å². The van der Waals surface area contributed by atoms with Gasteiger partial charge in [-0.25, -0.2) is 4.79 Å². The molecule has 1 aromatic carbocycles. The van der Waals surface area contributed by atoms with Crippen molar-refractivity contribution in [2.75, 3.05) is 13.7 Å². The lowest BCUT2D eigenvalue weighted by Crippen LogP contribution is -2.10. The van der Waals surface area contributed by atoms with Crippen LogP contribution in [0.15, 0.2) is 42.5 Å². The number of carbonyl (C=O) groups excluding carboxylic acids is 1. The Bertz CT molecular complexity index is 452. The van der Waals surface area contributed by atoms with Crippen LogP contribution in [0.3, 0.4) is 0 Å². The quantitative estimate of drug-likeness (QED) is 0.462. The molecule has 1 rings (SSSR count). The van der Waals surface area contributed by atoms with Crippen molar-refractivity contribution < 1.29 is 14.3 Å². The summed E-state index contributed by atoms with van der Waals surface area (Å²) in [7, 11) is 1.60. The van der Waals surface area contributed by atoms with Gasteiger partial charge in [0.15, 0.2) is 0 Å². The summed E-state index contributed by atoms with van der Waals surface area (Å²) in [6, 6.07) is 9.30. The van der Waals surface area contributed by atoms with Gasteiger partial charge in [-0.2, -0.15) is 0 Å². The topological polar surface area (TPSA) is 35.5 Å². The van der Waals surface area contributed by atoms with Crippen LogP contribution in [0.4, 0.5) is 0 Å². The van der Waals surface area contributed by atoms with E-state index in [1.54, 1.807) is 26.2 Å². The van der Waals surface area contributed by atoms with E-state index >= 15 is 0 Å². The van der Waals surface area contributed by atoms with Crippen LogP contribution in [0.5, 0.6) is 0 Å². The molecule has 0 saturated carbocycles. The molecule has 0 fully saturated rings. The number of esters is 1. The van der Waals surface area contributed by atoms with Crippen molar-refractivity contribution in [1.29, 1.82) is 0 Å². The number of hydrogen-bond donors (Lipinski definition) is 0. The van der Waals surface area contributed by atoms with Gasteiger partial charge in [0.05, 0.1) is 6.61 Å². The fraction of sp³-hybridized carbons (Fsp3) is 0.267. The van der Waals surface area contributed by atoms with Gasteiger partial charge < -0.3 is 9.47 Å². The van der Waals surface area contributed by atoms with Crippen molar-refractivity contribution in [2.24, 2.45) is 0 Å². The SMILES string of the molecule is COC/C=C/[C@H](C)OC(=O)C#Cc1ccccc1. The Morgan fingerprint density at radius 1 is 1.39 bits per heavy atom. The van der Waals surface area contributed by atoms with Crippen LogP contribution in [-0.4, -0.2) is 25.8 Å². The molecule has 0 heterocycles. The zero-order valence-corrected chi connectivity index (χ0v) is 10.6. The highest BCUT2D eigenvalue weighted by Gasteiger charge is 2.02. The Labute approximate surface area is 107 Å². The monoisotopic (exact) mass is 244 g/mol. The maximum atomic E-state index is 11.4. The van der Waals surface area contributed by atoms with Crippen LogP contribution < -0.4 is 0 Å². The lowest BCUT2D eigenvalue weighted by Gasteiger charge is -2.04. The van der Waals surface area contributed by atoms with E-state index in [1.807, 2.05) is 30.3 Å². The highest BCUT2D eigenvalue weighted by atomic mass is 16.5. The second kappa shape index (κ2) is 8.10. The average molecular weight is 244 g/mol. The fourth-order valence-electron chi connectivity index (χ4n) is 1.23. The molecule has 0 unspecified atom stereocenters. The fourth-order valence-corrected chi connectivity index (χ4v) is 1.23. The second-order valence-electron chi connectivity index (χ2n) is 3.61. The Kier molecular flexibility index (Phi) is 6.31. The molecule has 0 N–H and O–H groups in total. The molecule has 0 saturated heterocycles. The normalized spacial score (nSPS) is 11.7. The van der Waals surface area contributed by atoms with Crippen LogP contribution in [0.25, 0.3) is 0 Å². The summed E-state index contributed by atoms with van der Waals surface area (Å²) in [5, 5.41) is 0. The molecule has 3 nitrogen and oxygen atoms in total. The third kappa shape index (κ3) is 5.88. The Balaban J connectivity index is 2.45. The lowest BCUT2D eigenvalue weighted by atomic mass is 10.2. The van der Waals surface area contributed by atoms with Crippen LogP contribution >= 0.6 is 0 Å². The molecule has 94 valence electrons. The van der Waals surface area contributed by atoms with Gasteiger partial charge in [0.1, 0.15) is 6.10 Å². The standard InChI is InChI=1S/C15H16O3/c1-13(7-6-12-17-2)18-15(16)11-10-14-8-4-3-5-9-14/h3-9,13H,12H2,1-2H3/b7-6+/t13-/m0/s1. The Morgan fingerprint density at radius 3 is 2.78 bits per heavy atom. The molecule has 0 aliphatic carbocycles. The summed E-state index contributed by atoms with van der Waals surface area (Å²) in [5.41, 5.74) is 0.789. The summed E-state index contributed by atoms with van der Waals surface area (Å²) in [5.74, 6) is 4.65. The van der Waals surface area contributed by atoms with Crippen molar-refractivity contribution >= 4 is 5.97 Å². The van der Waals surface area contributed by atoms with Gasteiger partial charge in [-0.1, -0.05) is 30.2 Å². The summed E-state index contributed by atoms with van der Waals surface area (Å²) >= 11 is 0. The molecule has 18 heavy (non-hydrogen) atoms. The molecule has 0 aromatic heterocycles. The van der Waals surface area contributed by atoms with E-state index in [0.29, 0.717) is 6.61 Å². The van der Waals surface area contributed by atoms with Gasteiger partial charge >= 0.3 is 5.97 Å². The first-order valence-corrected chi connectivity index (χ1v) is 5.65. The molecule has 1 atom stereocenters. The Morgan fingerprint density at radius 2 is 2.11 bits per heavy atom. The first-order valence-electron chi connectivity index (χ1n) is 5.65. The van der Waals surface area contributed by atoms with Gasteiger partial charge in [-0.05, 0) is 25.1 Å². The summed E-state index contributed by atoms with van der Waals surface area (Å²) in [4.78, 5) is 11.4. The minimum atomic E-state index is -0.534. The van der Waals surface area contributed by atoms with Crippen molar-refractivity contribution in [2.45, 2.75) is 13.0 Å². The maximum Gasteiger partial charge on any atom is 0.385 e. The zero-order valence-electron chi connectivity index (χ0n) is 10.6. The first kappa shape index (κ1) is 14.0. The van der Waals surface area contributed by atoms with E-state index in [2.05, 4.69) is 11.8 Å². The number of ether oxygens (including phenoxy) is 2. The van der Waals surface area contributed by atoms with Gasteiger partial charge in [0.2, 0.25) is 0 Å². The molecule has 0 spiro atoms. The van der Waals surface area contributed by atoms with Crippen molar-refractivity contribution in [3.05, 3.63) is 48.0 Å². The average Bonchev–Trinajstić information content (AvgIpc) is 2.38. The van der Waals surface area contributed by atoms with Gasteiger partial charge in [0.25, 0.3) is 0 Å². The molecular formula is C15H16O3. The smallest absolute Gasteiger partial charge is 0.385 e. The molecule has 0 amide bonds. The minimum Gasteiger partial charge on any atom is -0.449 e. The first-order chi connectivity index (χ1) is 8.72. The molecular weight excluding hydrogens is 228 g/mol. The van der Waals surface area contributed by atoms with Crippen molar-refractivity contribution in [3.63, 3.8) is 0 Å². The van der Waals surface area contributed by atoms with Crippen LogP contribution in [0.1, 0.15) is 12.5 Å². The number of carbonyl (C=O) groups is 1. The van der Waals surface area contributed by atoms with Crippen LogP contribution in [-0.2, 0) is 14.3 Å². The van der Waals surface area contributed by atoms with Crippen LogP contribution in [0, 0.1) is 11.8 Å². The molecule has 0 aliphatic heterocycles. The van der Waals surface area contributed by atoms with E-state index < -0.39 is 5.97 Å². The van der Waals surface area contributed by atoms with E-state index in [0.717, 1.165) is 5.56 Å². The third-order valence-electron chi connectivity index (χ3n) is 2.05. The highest BCUT2D eigenvalue weighted by Crippen LogP contribution is 1.96. The van der Waals surface area contributed by atoms with Gasteiger partial charge in [0, 0.05) is 18.6 Å². The van der Waals surface area contributed by atoms with E-state index in [-0.39, 0.29) is 6.10 Å². The predicted octanol–water partition coefficient (Wildman–Crippen LogP) is 2.17. The maximum absolute atomic E-state index is 11.4. The number of methoxy groups -OCH3 is 1. The molecule has 0 radical (unpaired) electrons. The largest absolute Gasteiger partial charge is 0.449 e.